The topological polar surface area (TPSA) is 96.2 Å². The predicted octanol–water partition coefficient (Wildman–Crippen LogP) is 5.07. The van der Waals surface area contributed by atoms with Crippen LogP contribution in [0, 0.1) is 0 Å². The fourth-order valence-electron chi connectivity index (χ4n) is 2.53. The maximum absolute atomic E-state index is 11.0. The number of hydrogen-bond donors (Lipinski definition) is 2. The highest BCUT2D eigenvalue weighted by Crippen LogP contribution is 2.24. The summed E-state index contributed by atoms with van der Waals surface area (Å²) in [6.07, 6.45) is 1.61. The van der Waals surface area contributed by atoms with Crippen molar-refractivity contribution in [1.29, 1.82) is 0 Å². The van der Waals surface area contributed by atoms with Crippen LogP contribution in [0.4, 0.5) is 5.69 Å². The van der Waals surface area contributed by atoms with Gasteiger partial charge in [-0.1, -0.05) is 35.9 Å². The number of nitrogens with zero attached hydrogens (tertiary/aromatic N) is 1. The van der Waals surface area contributed by atoms with E-state index in [2.05, 4.69) is 4.99 Å². The second-order valence-electron chi connectivity index (χ2n) is 6.06. The molecule has 0 radical (unpaired) electrons. The third-order valence-electron chi connectivity index (χ3n) is 4.05. The monoisotopic (exact) mass is 409 g/mol. The molecular formula is C22H16ClNO5. The van der Waals surface area contributed by atoms with Crippen molar-refractivity contribution in [1.82, 2.24) is 0 Å². The molecule has 0 aliphatic rings. The van der Waals surface area contributed by atoms with Crippen LogP contribution in [0.2, 0.25) is 5.02 Å². The first-order valence-corrected chi connectivity index (χ1v) is 8.93. The van der Waals surface area contributed by atoms with Gasteiger partial charge in [-0.3, -0.25) is 4.99 Å². The maximum atomic E-state index is 11.0. The number of benzene rings is 3. The Balaban J connectivity index is 1.73. The Kier molecular flexibility index (Phi) is 6.26. The molecule has 29 heavy (non-hydrogen) atoms. The highest BCUT2D eigenvalue weighted by molar-refractivity contribution is 6.33. The molecule has 0 saturated carbocycles. The van der Waals surface area contributed by atoms with Crippen LogP contribution < -0.4 is 4.74 Å². The van der Waals surface area contributed by atoms with Crippen molar-refractivity contribution in [2.75, 3.05) is 0 Å². The van der Waals surface area contributed by atoms with Crippen LogP contribution in [0.25, 0.3) is 0 Å². The van der Waals surface area contributed by atoms with Crippen molar-refractivity contribution < 1.29 is 24.5 Å². The van der Waals surface area contributed by atoms with Gasteiger partial charge in [0, 0.05) is 11.8 Å². The molecule has 0 spiro atoms. The largest absolute Gasteiger partial charge is 0.488 e. The summed E-state index contributed by atoms with van der Waals surface area (Å²) < 4.78 is 5.84. The highest BCUT2D eigenvalue weighted by Gasteiger charge is 2.09. The van der Waals surface area contributed by atoms with Crippen LogP contribution >= 0.6 is 11.6 Å². The third kappa shape index (κ3) is 5.21. The lowest BCUT2D eigenvalue weighted by atomic mass is 10.1. The summed E-state index contributed by atoms with van der Waals surface area (Å²) >= 11 is 5.97. The van der Waals surface area contributed by atoms with Crippen LogP contribution in [0.15, 0.2) is 71.7 Å². The van der Waals surface area contributed by atoms with Crippen LogP contribution in [0.1, 0.15) is 31.8 Å². The van der Waals surface area contributed by atoms with Gasteiger partial charge in [-0.2, -0.15) is 0 Å². The van der Waals surface area contributed by atoms with Gasteiger partial charge in [-0.15, -0.1) is 0 Å². The van der Waals surface area contributed by atoms with Gasteiger partial charge in [0.1, 0.15) is 12.4 Å². The Morgan fingerprint density at radius 2 is 1.69 bits per heavy atom. The molecule has 0 amide bonds. The van der Waals surface area contributed by atoms with Gasteiger partial charge in [0.15, 0.2) is 0 Å². The Bertz CT molecular complexity index is 1080. The number of halogens is 1. The van der Waals surface area contributed by atoms with E-state index in [0.717, 1.165) is 11.1 Å². The van der Waals surface area contributed by atoms with E-state index >= 15 is 0 Å². The molecule has 0 fully saturated rings. The average molecular weight is 410 g/mol. The molecule has 0 aliphatic carbocycles. The smallest absolute Gasteiger partial charge is 0.337 e. The fourth-order valence-corrected chi connectivity index (χ4v) is 2.78. The third-order valence-corrected chi connectivity index (χ3v) is 4.36. The van der Waals surface area contributed by atoms with Gasteiger partial charge in [-0.25, -0.2) is 9.59 Å². The SMILES string of the molecule is O=C(O)c1ccc(COc2ccccc2C=Nc2ccc(C(=O)O)c(Cl)c2)cc1. The Labute approximate surface area is 171 Å². The van der Waals surface area contributed by atoms with E-state index in [1.807, 2.05) is 18.2 Å². The maximum Gasteiger partial charge on any atom is 0.337 e. The number of aromatic carboxylic acids is 2. The number of ether oxygens (including phenoxy) is 1. The number of carboxylic acids is 2. The Morgan fingerprint density at radius 1 is 0.966 bits per heavy atom. The number of hydrogen-bond acceptors (Lipinski definition) is 4. The van der Waals surface area contributed by atoms with Gasteiger partial charge in [-0.05, 0) is 48.0 Å². The van der Waals surface area contributed by atoms with Gasteiger partial charge in [0.2, 0.25) is 0 Å². The Morgan fingerprint density at radius 3 is 2.34 bits per heavy atom. The molecule has 3 aromatic rings. The summed E-state index contributed by atoms with van der Waals surface area (Å²) in [7, 11) is 0. The number of aliphatic imine (C=N–C) groups is 1. The van der Waals surface area contributed by atoms with Crippen LogP contribution in [0.5, 0.6) is 5.75 Å². The minimum absolute atomic E-state index is 0.0169. The minimum atomic E-state index is -1.10. The van der Waals surface area contributed by atoms with Gasteiger partial charge < -0.3 is 14.9 Å². The van der Waals surface area contributed by atoms with Crippen molar-refractivity contribution >= 4 is 35.4 Å². The van der Waals surface area contributed by atoms with Crippen LogP contribution in [0.3, 0.4) is 0 Å². The van der Waals surface area contributed by atoms with Crippen molar-refractivity contribution in [3.05, 3.63) is 94.0 Å². The second-order valence-corrected chi connectivity index (χ2v) is 6.46. The summed E-state index contributed by atoms with van der Waals surface area (Å²) in [4.78, 5) is 26.3. The lowest BCUT2D eigenvalue weighted by Gasteiger charge is -2.09. The Hall–Kier alpha value is -3.64. The molecular weight excluding hydrogens is 394 g/mol. The average Bonchev–Trinajstić information content (AvgIpc) is 2.71. The van der Waals surface area contributed by atoms with E-state index < -0.39 is 11.9 Å². The fraction of sp³-hybridized carbons (Fsp3) is 0.0455. The van der Waals surface area contributed by atoms with Gasteiger partial charge in [0.05, 0.1) is 21.8 Å². The molecule has 7 heteroatoms. The van der Waals surface area contributed by atoms with Crippen LogP contribution in [-0.2, 0) is 6.61 Å². The zero-order valence-electron chi connectivity index (χ0n) is 15.1. The van der Waals surface area contributed by atoms with Gasteiger partial charge in [0.25, 0.3) is 0 Å². The molecule has 146 valence electrons. The molecule has 0 unspecified atom stereocenters. The molecule has 0 heterocycles. The number of carboxylic acid groups (broad SMARTS) is 2. The van der Waals surface area contributed by atoms with E-state index in [-0.39, 0.29) is 22.8 Å². The summed E-state index contributed by atoms with van der Waals surface area (Å²) in [6.45, 7) is 0.268. The molecule has 0 aliphatic heterocycles. The molecule has 3 aromatic carbocycles. The van der Waals surface area contributed by atoms with E-state index in [1.54, 1.807) is 30.5 Å². The second kappa shape index (κ2) is 9.03. The van der Waals surface area contributed by atoms with Crippen molar-refractivity contribution in [3.63, 3.8) is 0 Å². The first-order chi connectivity index (χ1) is 13.9. The molecule has 6 nitrogen and oxygen atoms in total. The molecule has 2 N–H and O–H groups in total. The lowest BCUT2D eigenvalue weighted by Crippen LogP contribution is -2.00. The van der Waals surface area contributed by atoms with E-state index in [9.17, 15) is 9.59 Å². The molecule has 0 aromatic heterocycles. The standard InChI is InChI=1S/C22H16ClNO5/c23-19-11-17(9-10-18(19)22(27)28)24-12-16-3-1-2-4-20(16)29-13-14-5-7-15(8-6-14)21(25)26/h1-12H,13H2,(H,25,26)(H,27,28). The molecule has 0 saturated heterocycles. The van der Waals surface area contributed by atoms with Crippen molar-refractivity contribution in [2.45, 2.75) is 6.61 Å². The minimum Gasteiger partial charge on any atom is -0.488 e. The summed E-state index contributed by atoms with van der Waals surface area (Å²) in [5, 5.41) is 18.1. The predicted molar refractivity (Wildman–Crippen MR) is 110 cm³/mol. The quantitative estimate of drug-likeness (QED) is 0.531. The van der Waals surface area contributed by atoms with Crippen molar-refractivity contribution in [2.24, 2.45) is 4.99 Å². The van der Waals surface area contributed by atoms with E-state index in [4.69, 9.17) is 26.6 Å². The zero-order valence-corrected chi connectivity index (χ0v) is 15.8. The summed E-state index contributed by atoms with van der Waals surface area (Å²) in [6, 6.07) is 18.2. The first-order valence-electron chi connectivity index (χ1n) is 8.55. The number of rotatable bonds is 7. The summed E-state index contributed by atoms with van der Waals surface area (Å²) in [5.74, 6) is -1.47. The first kappa shape index (κ1) is 20.1. The van der Waals surface area contributed by atoms with Crippen LogP contribution in [-0.4, -0.2) is 28.4 Å². The van der Waals surface area contributed by atoms with Crippen molar-refractivity contribution in [3.8, 4) is 5.75 Å². The molecule has 3 rings (SSSR count). The van der Waals surface area contributed by atoms with Gasteiger partial charge >= 0.3 is 11.9 Å². The number of carbonyl (C=O) groups is 2. The number of para-hydroxylation sites is 1. The van der Waals surface area contributed by atoms with E-state index in [1.165, 1.54) is 24.3 Å². The molecule has 0 bridgehead atoms. The zero-order chi connectivity index (χ0) is 20.8. The lowest BCUT2D eigenvalue weighted by molar-refractivity contribution is 0.0686. The normalized spacial score (nSPS) is 10.8. The summed E-state index contributed by atoms with van der Waals surface area (Å²) in [5.41, 5.74) is 2.31. The highest BCUT2D eigenvalue weighted by atomic mass is 35.5. The molecule has 0 atom stereocenters. The van der Waals surface area contributed by atoms with E-state index in [0.29, 0.717) is 11.4 Å².